The van der Waals surface area contributed by atoms with E-state index >= 15 is 0 Å². The number of azide groups is 1. The molecule has 1 aromatic rings. The van der Waals surface area contributed by atoms with Gasteiger partial charge in [0, 0.05) is 4.91 Å². The largest absolute Gasteiger partial charge is 0.390 e. The molecule has 0 aromatic heterocycles. The van der Waals surface area contributed by atoms with Crippen molar-refractivity contribution in [1.82, 2.24) is 0 Å². The van der Waals surface area contributed by atoms with Crippen LogP contribution in [0.4, 0.5) is 0 Å². The zero-order chi connectivity index (χ0) is 13.2. The first-order valence-corrected chi connectivity index (χ1v) is 6.11. The van der Waals surface area contributed by atoms with Gasteiger partial charge < -0.3 is 9.84 Å². The standard InChI is InChI=1S/C13H19N3O2/c1-2-6-12(15-16-14)13(17)10-18-9-11-7-4-3-5-8-11/h3-5,7-8,12-13,17H,2,6,9-10H2,1H3/t12-,13+/m0/s1. The Morgan fingerprint density at radius 1 is 1.39 bits per heavy atom. The van der Waals surface area contributed by atoms with Crippen LogP contribution in [0.2, 0.25) is 0 Å². The van der Waals surface area contributed by atoms with Crippen LogP contribution in [0.15, 0.2) is 35.4 Å². The van der Waals surface area contributed by atoms with Crippen molar-refractivity contribution < 1.29 is 9.84 Å². The summed E-state index contributed by atoms with van der Waals surface area (Å²) in [7, 11) is 0. The first-order valence-electron chi connectivity index (χ1n) is 6.11. The molecule has 1 N–H and O–H groups in total. The summed E-state index contributed by atoms with van der Waals surface area (Å²) in [5.74, 6) is 0. The molecule has 0 aliphatic carbocycles. The van der Waals surface area contributed by atoms with Crippen molar-refractivity contribution in [2.45, 2.75) is 38.5 Å². The Balaban J connectivity index is 2.35. The minimum atomic E-state index is -0.746. The van der Waals surface area contributed by atoms with Crippen LogP contribution in [-0.2, 0) is 11.3 Å². The van der Waals surface area contributed by atoms with Gasteiger partial charge in [0.05, 0.1) is 25.4 Å². The number of nitrogens with zero attached hydrogens (tertiary/aromatic N) is 3. The molecule has 0 fully saturated rings. The highest BCUT2D eigenvalue weighted by Gasteiger charge is 2.16. The van der Waals surface area contributed by atoms with E-state index in [1.165, 1.54) is 0 Å². The van der Waals surface area contributed by atoms with E-state index in [0.717, 1.165) is 12.0 Å². The number of rotatable bonds is 8. The molecule has 0 amide bonds. The highest BCUT2D eigenvalue weighted by Crippen LogP contribution is 2.09. The molecule has 0 aliphatic heterocycles. The molecule has 1 rings (SSSR count). The molecular weight excluding hydrogens is 230 g/mol. The van der Waals surface area contributed by atoms with Crippen LogP contribution in [0.3, 0.4) is 0 Å². The van der Waals surface area contributed by atoms with E-state index in [2.05, 4.69) is 10.0 Å². The van der Waals surface area contributed by atoms with Crippen molar-refractivity contribution >= 4 is 0 Å². The van der Waals surface area contributed by atoms with Crippen LogP contribution < -0.4 is 0 Å². The summed E-state index contributed by atoms with van der Waals surface area (Å²) in [5.41, 5.74) is 9.48. The van der Waals surface area contributed by atoms with E-state index in [-0.39, 0.29) is 6.61 Å². The number of aliphatic hydroxyl groups excluding tert-OH is 1. The molecule has 18 heavy (non-hydrogen) atoms. The molecule has 98 valence electrons. The molecule has 1 aromatic carbocycles. The minimum absolute atomic E-state index is 0.179. The third-order valence-corrected chi connectivity index (χ3v) is 2.63. The minimum Gasteiger partial charge on any atom is -0.390 e. The third-order valence-electron chi connectivity index (χ3n) is 2.63. The van der Waals surface area contributed by atoms with Gasteiger partial charge in [-0.2, -0.15) is 0 Å². The number of ether oxygens (including phenoxy) is 1. The Hall–Kier alpha value is -1.55. The summed E-state index contributed by atoms with van der Waals surface area (Å²) in [6.07, 6.45) is 0.781. The average Bonchev–Trinajstić information content (AvgIpc) is 2.39. The van der Waals surface area contributed by atoms with Crippen LogP contribution in [0, 0.1) is 0 Å². The van der Waals surface area contributed by atoms with Crippen molar-refractivity contribution in [3.63, 3.8) is 0 Å². The molecule has 5 nitrogen and oxygen atoms in total. The molecule has 0 heterocycles. The Kier molecular flexibility index (Phi) is 6.87. The monoisotopic (exact) mass is 249 g/mol. The van der Waals surface area contributed by atoms with Gasteiger partial charge in [0.1, 0.15) is 0 Å². The lowest BCUT2D eigenvalue weighted by atomic mass is 10.1. The number of benzene rings is 1. The maximum Gasteiger partial charge on any atom is 0.0858 e. The smallest absolute Gasteiger partial charge is 0.0858 e. The van der Waals surface area contributed by atoms with Gasteiger partial charge in [0.25, 0.3) is 0 Å². The first-order chi connectivity index (χ1) is 8.77. The van der Waals surface area contributed by atoms with Gasteiger partial charge >= 0.3 is 0 Å². The Labute approximate surface area is 107 Å². The summed E-state index contributed by atoms with van der Waals surface area (Å²) in [6, 6.07) is 9.34. The normalized spacial score (nSPS) is 13.7. The lowest BCUT2D eigenvalue weighted by Crippen LogP contribution is -2.28. The van der Waals surface area contributed by atoms with Crippen LogP contribution in [-0.4, -0.2) is 23.9 Å². The number of aliphatic hydroxyl groups is 1. The topological polar surface area (TPSA) is 78.2 Å². The fourth-order valence-electron chi connectivity index (χ4n) is 1.67. The van der Waals surface area contributed by atoms with Gasteiger partial charge in [-0.15, -0.1) is 0 Å². The summed E-state index contributed by atoms with van der Waals surface area (Å²) >= 11 is 0. The van der Waals surface area contributed by atoms with E-state index < -0.39 is 12.1 Å². The van der Waals surface area contributed by atoms with Gasteiger partial charge in [-0.25, -0.2) is 0 Å². The SMILES string of the molecule is CCC[C@H](N=[N+]=[N-])[C@H](O)COCc1ccccc1. The fourth-order valence-corrected chi connectivity index (χ4v) is 1.67. The Bertz CT molecular complexity index is 377. The lowest BCUT2D eigenvalue weighted by Gasteiger charge is -2.17. The number of hydrogen-bond acceptors (Lipinski definition) is 3. The average molecular weight is 249 g/mol. The Morgan fingerprint density at radius 2 is 2.11 bits per heavy atom. The molecule has 2 atom stereocenters. The van der Waals surface area contributed by atoms with E-state index in [9.17, 15) is 5.11 Å². The van der Waals surface area contributed by atoms with Gasteiger partial charge in [-0.1, -0.05) is 48.8 Å². The quantitative estimate of drug-likeness (QED) is 0.436. The predicted octanol–water partition coefficient (Wildman–Crippen LogP) is 3.04. The fraction of sp³-hybridized carbons (Fsp3) is 0.538. The molecular formula is C13H19N3O2. The number of hydrogen-bond donors (Lipinski definition) is 1. The van der Waals surface area contributed by atoms with Gasteiger partial charge in [0.2, 0.25) is 0 Å². The summed E-state index contributed by atoms with van der Waals surface area (Å²) in [4.78, 5) is 2.75. The Morgan fingerprint density at radius 3 is 2.72 bits per heavy atom. The predicted molar refractivity (Wildman–Crippen MR) is 69.9 cm³/mol. The molecule has 0 radical (unpaired) electrons. The van der Waals surface area contributed by atoms with Crippen molar-refractivity contribution in [2.24, 2.45) is 5.11 Å². The third kappa shape index (κ3) is 5.19. The van der Waals surface area contributed by atoms with Crippen molar-refractivity contribution in [1.29, 1.82) is 0 Å². The summed E-state index contributed by atoms with van der Waals surface area (Å²) in [5, 5.41) is 13.4. The molecule has 0 unspecified atom stereocenters. The first kappa shape index (κ1) is 14.5. The summed E-state index contributed by atoms with van der Waals surface area (Å²) in [6.45, 7) is 2.61. The second-order valence-corrected chi connectivity index (χ2v) is 4.13. The molecule has 0 saturated carbocycles. The van der Waals surface area contributed by atoms with Crippen molar-refractivity contribution in [2.75, 3.05) is 6.61 Å². The molecule has 0 saturated heterocycles. The van der Waals surface area contributed by atoms with Gasteiger partial charge in [0.15, 0.2) is 0 Å². The van der Waals surface area contributed by atoms with Crippen molar-refractivity contribution in [3.05, 3.63) is 46.3 Å². The second-order valence-electron chi connectivity index (χ2n) is 4.13. The molecule has 0 bridgehead atoms. The van der Waals surface area contributed by atoms with E-state index in [1.54, 1.807) is 0 Å². The highest BCUT2D eigenvalue weighted by molar-refractivity contribution is 5.13. The lowest BCUT2D eigenvalue weighted by molar-refractivity contribution is 0.0146. The van der Waals surface area contributed by atoms with E-state index in [0.29, 0.717) is 13.0 Å². The maximum atomic E-state index is 9.86. The molecule has 5 heteroatoms. The highest BCUT2D eigenvalue weighted by atomic mass is 16.5. The zero-order valence-electron chi connectivity index (χ0n) is 10.6. The van der Waals surface area contributed by atoms with E-state index in [4.69, 9.17) is 10.3 Å². The summed E-state index contributed by atoms with van der Waals surface area (Å²) < 4.78 is 5.42. The van der Waals surface area contributed by atoms with Crippen LogP contribution >= 0.6 is 0 Å². The van der Waals surface area contributed by atoms with E-state index in [1.807, 2.05) is 37.3 Å². The molecule has 0 aliphatic rings. The van der Waals surface area contributed by atoms with Crippen LogP contribution in [0.1, 0.15) is 25.3 Å². The van der Waals surface area contributed by atoms with Crippen molar-refractivity contribution in [3.8, 4) is 0 Å². The van der Waals surface area contributed by atoms with Crippen LogP contribution in [0.25, 0.3) is 10.4 Å². The zero-order valence-corrected chi connectivity index (χ0v) is 10.6. The van der Waals surface area contributed by atoms with Gasteiger partial charge in [-0.05, 0) is 17.5 Å². The van der Waals surface area contributed by atoms with Crippen LogP contribution in [0.5, 0.6) is 0 Å². The van der Waals surface area contributed by atoms with Gasteiger partial charge in [-0.3, -0.25) is 0 Å². The maximum absolute atomic E-state index is 9.86. The second kappa shape index (κ2) is 8.53. The molecule has 0 spiro atoms.